The number of rotatable bonds is 12. The standard InChI is InChI=1S/C18H34N4O5/c1-8-12(2)16(13(27-7)9-14(24)19-5)22(6)15(25)10-20-17(26)18(3,4)21-11-23/h11-13,16H,8-10H2,1-7H3,(H,19,24)(H,20,26)(H,21,23). The average molecular weight is 386 g/mol. The van der Waals surface area contributed by atoms with Gasteiger partial charge in [0.05, 0.1) is 25.1 Å². The number of nitrogens with zero attached hydrogens (tertiary/aromatic N) is 1. The maximum absolute atomic E-state index is 12.6. The highest BCUT2D eigenvalue weighted by Crippen LogP contribution is 2.21. The molecule has 9 nitrogen and oxygen atoms in total. The Morgan fingerprint density at radius 2 is 1.85 bits per heavy atom. The maximum Gasteiger partial charge on any atom is 0.245 e. The first-order valence-corrected chi connectivity index (χ1v) is 9.04. The topological polar surface area (TPSA) is 117 Å². The number of carbonyl (C=O) groups excluding carboxylic acids is 4. The van der Waals surface area contributed by atoms with Gasteiger partial charge in [-0.15, -0.1) is 0 Å². The lowest BCUT2D eigenvalue weighted by atomic mass is 9.91. The third-order valence-corrected chi connectivity index (χ3v) is 4.80. The highest BCUT2D eigenvalue weighted by Gasteiger charge is 2.34. The number of likely N-dealkylation sites (N-methyl/N-ethyl adjacent to an activating group) is 1. The second-order valence-corrected chi connectivity index (χ2v) is 7.10. The van der Waals surface area contributed by atoms with Gasteiger partial charge in [0, 0.05) is 21.2 Å². The summed E-state index contributed by atoms with van der Waals surface area (Å²) in [7, 11) is 4.69. The van der Waals surface area contributed by atoms with Crippen LogP contribution in [0.3, 0.4) is 0 Å². The number of ether oxygens (including phenoxy) is 1. The average Bonchev–Trinajstić information content (AvgIpc) is 2.64. The van der Waals surface area contributed by atoms with Crippen LogP contribution in [0.2, 0.25) is 0 Å². The Kier molecular flexibility index (Phi) is 10.6. The maximum atomic E-state index is 12.6. The van der Waals surface area contributed by atoms with Crippen LogP contribution in [-0.4, -0.2) is 74.5 Å². The lowest BCUT2D eigenvalue weighted by Crippen LogP contribution is -2.56. The molecule has 3 unspecified atom stereocenters. The minimum Gasteiger partial charge on any atom is -0.379 e. The zero-order valence-electron chi connectivity index (χ0n) is 17.4. The number of hydrogen-bond acceptors (Lipinski definition) is 5. The molecule has 0 aliphatic rings. The van der Waals surface area contributed by atoms with Gasteiger partial charge in [0.1, 0.15) is 5.54 Å². The first-order chi connectivity index (χ1) is 12.5. The summed E-state index contributed by atoms with van der Waals surface area (Å²) in [6.07, 6.45) is 0.882. The molecule has 0 radical (unpaired) electrons. The van der Waals surface area contributed by atoms with Gasteiger partial charge in [-0.3, -0.25) is 19.2 Å². The Labute approximate surface area is 161 Å². The van der Waals surface area contributed by atoms with Gasteiger partial charge >= 0.3 is 0 Å². The van der Waals surface area contributed by atoms with Crippen molar-refractivity contribution in [3.05, 3.63) is 0 Å². The number of nitrogens with one attached hydrogen (secondary N) is 3. The third-order valence-electron chi connectivity index (χ3n) is 4.80. The highest BCUT2D eigenvalue weighted by molar-refractivity contribution is 5.91. The lowest BCUT2D eigenvalue weighted by Gasteiger charge is -2.37. The molecule has 0 rings (SSSR count). The third kappa shape index (κ3) is 7.54. The first kappa shape index (κ1) is 24.8. The van der Waals surface area contributed by atoms with E-state index in [-0.39, 0.29) is 36.7 Å². The molecule has 9 heteroatoms. The van der Waals surface area contributed by atoms with Crippen molar-refractivity contribution in [2.45, 2.75) is 58.2 Å². The molecule has 0 heterocycles. The van der Waals surface area contributed by atoms with E-state index in [0.717, 1.165) is 6.42 Å². The number of methoxy groups -OCH3 is 1. The van der Waals surface area contributed by atoms with E-state index in [1.807, 2.05) is 13.8 Å². The summed E-state index contributed by atoms with van der Waals surface area (Å²) in [5.74, 6) is -0.872. The molecule has 0 saturated carbocycles. The van der Waals surface area contributed by atoms with Crippen LogP contribution in [0.25, 0.3) is 0 Å². The van der Waals surface area contributed by atoms with Crippen LogP contribution in [0.4, 0.5) is 0 Å². The SMILES string of the molecule is CCC(C)C(C(CC(=O)NC)OC)N(C)C(=O)CNC(=O)C(C)(C)NC=O. The molecule has 4 amide bonds. The van der Waals surface area contributed by atoms with E-state index in [1.54, 1.807) is 14.1 Å². The summed E-state index contributed by atoms with van der Waals surface area (Å²) in [5.41, 5.74) is -1.12. The van der Waals surface area contributed by atoms with E-state index in [4.69, 9.17) is 4.74 Å². The van der Waals surface area contributed by atoms with E-state index in [0.29, 0.717) is 6.41 Å². The zero-order chi connectivity index (χ0) is 21.2. The summed E-state index contributed by atoms with van der Waals surface area (Å²) >= 11 is 0. The fourth-order valence-corrected chi connectivity index (χ4v) is 2.75. The van der Waals surface area contributed by atoms with Crippen LogP contribution in [0, 0.1) is 5.92 Å². The molecule has 0 aromatic heterocycles. The monoisotopic (exact) mass is 386 g/mol. The van der Waals surface area contributed by atoms with Gasteiger partial charge in [-0.1, -0.05) is 20.3 Å². The van der Waals surface area contributed by atoms with Crippen molar-refractivity contribution >= 4 is 24.1 Å². The molecule has 0 aromatic rings. The Hall–Kier alpha value is -2.16. The van der Waals surface area contributed by atoms with Crippen LogP contribution in [0.1, 0.15) is 40.5 Å². The van der Waals surface area contributed by atoms with Crippen molar-refractivity contribution in [1.82, 2.24) is 20.9 Å². The van der Waals surface area contributed by atoms with E-state index in [2.05, 4.69) is 16.0 Å². The van der Waals surface area contributed by atoms with Gasteiger partial charge in [0.25, 0.3) is 0 Å². The van der Waals surface area contributed by atoms with E-state index in [1.165, 1.54) is 25.9 Å². The second kappa shape index (κ2) is 11.5. The molecule has 0 bridgehead atoms. The van der Waals surface area contributed by atoms with Crippen LogP contribution in [0.5, 0.6) is 0 Å². The molecule has 3 N–H and O–H groups in total. The molecule has 27 heavy (non-hydrogen) atoms. The smallest absolute Gasteiger partial charge is 0.245 e. The van der Waals surface area contributed by atoms with Crippen LogP contribution in [-0.2, 0) is 23.9 Å². The van der Waals surface area contributed by atoms with Crippen LogP contribution in [0.15, 0.2) is 0 Å². The Balaban J connectivity index is 5.18. The molecule has 0 fully saturated rings. The van der Waals surface area contributed by atoms with Crippen molar-refractivity contribution in [3.63, 3.8) is 0 Å². The van der Waals surface area contributed by atoms with Crippen molar-refractivity contribution in [3.8, 4) is 0 Å². The molecule has 0 aromatic carbocycles. The number of amides is 4. The van der Waals surface area contributed by atoms with Gasteiger partial charge in [-0.25, -0.2) is 0 Å². The molecule has 0 aliphatic heterocycles. The van der Waals surface area contributed by atoms with Crippen LogP contribution >= 0.6 is 0 Å². The largest absolute Gasteiger partial charge is 0.379 e. The minimum atomic E-state index is -1.12. The van der Waals surface area contributed by atoms with Crippen molar-refractivity contribution in [2.24, 2.45) is 5.92 Å². The summed E-state index contributed by atoms with van der Waals surface area (Å²) in [4.78, 5) is 48.7. The molecule has 156 valence electrons. The van der Waals surface area contributed by atoms with Gasteiger partial charge in [0.15, 0.2) is 0 Å². The normalized spacial score (nSPS) is 14.5. The first-order valence-electron chi connectivity index (χ1n) is 9.04. The predicted octanol–water partition coefficient (Wildman–Crippen LogP) is -0.349. The summed E-state index contributed by atoms with van der Waals surface area (Å²) in [6.45, 7) is 6.84. The number of carbonyl (C=O) groups is 4. The van der Waals surface area contributed by atoms with Crippen molar-refractivity contribution < 1.29 is 23.9 Å². The van der Waals surface area contributed by atoms with Gasteiger partial charge < -0.3 is 25.6 Å². The fourth-order valence-electron chi connectivity index (χ4n) is 2.75. The number of hydrogen-bond donors (Lipinski definition) is 3. The molecule has 0 spiro atoms. The summed E-state index contributed by atoms with van der Waals surface area (Å²) in [5, 5.41) is 7.50. The van der Waals surface area contributed by atoms with E-state index in [9.17, 15) is 19.2 Å². The van der Waals surface area contributed by atoms with Gasteiger partial charge in [0.2, 0.25) is 24.1 Å². The molecule has 0 saturated heterocycles. The van der Waals surface area contributed by atoms with Crippen LogP contribution < -0.4 is 16.0 Å². The Bertz CT molecular complexity index is 524. The minimum absolute atomic E-state index is 0.0810. The van der Waals surface area contributed by atoms with Crippen molar-refractivity contribution in [1.29, 1.82) is 0 Å². The molecular weight excluding hydrogens is 352 g/mol. The quantitative estimate of drug-likeness (QED) is 0.397. The lowest BCUT2D eigenvalue weighted by molar-refractivity contribution is -0.140. The van der Waals surface area contributed by atoms with Gasteiger partial charge in [-0.2, -0.15) is 0 Å². The van der Waals surface area contributed by atoms with E-state index >= 15 is 0 Å². The molecular formula is C18H34N4O5. The van der Waals surface area contributed by atoms with E-state index < -0.39 is 17.6 Å². The molecule has 0 aliphatic carbocycles. The van der Waals surface area contributed by atoms with Crippen molar-refractivity contribution in [2.75, 3.05) is 27.7 Å². The molecule has 3 atom stereocenters. The summed E-state index contributed by atoms with van der Waals surface area (Å²) < 4.78 is 5.50. The Morgan fingerprint density at radius 1 is 1.26 bits per heavy atom. The Morgan fingerprint density at radius 3 is 2.30 bits per heavy atom. The van der Waals surface area contributed by atoms with Gasteiger partial charge in [-0.05, 0) is 19.8 Å². The zero-order valence-corrected chi connectivity index (χ0v) is 17.4. The highest BCUT2D eigenvalue weighted by atomic mass is 16.5. The second-order valence-electron chi connectivity index (χ2n) is 7.10. The fraction of sp³-hybridized carbons (Fsp3) is 0.778. The summed E-state index contributed by atoms with van der Waals surface area (Å²) in [6, 6.07) is -0.331. The predicted molar refractivity (Wildman–Crippen MR) is 102 cm³/mol.